The molecule has 0 aliphatic heterocycles. The van der Waals surface area contributed by atoms with Crippen molar-refractivity contribution in [3.8, 4) is 11.5 Å². The highest BCUT2D eigenvalue weighted by Gasteiger charge is 2.13. The molecule has 0 saturated carbocycles. The van der Waals surface area contributed by atoms with Crippen LogP contribution in [0.5, 0.6) is 11.5 Å². The quantitative estimate of drug-likeness (QED) is 0.311. The molecule has 0 spiro atoms. The lowest BCUT2D eigenvalue weighted by Crippen LogP contribution is -2.04. The molecule has 3 nitrogen and oxygen atoms in total. The predicted molar refractivity (Wildman–Crippen MR) is 125 cm³/mol. The Morgan fingerprint density at radius 3 is 2.46 bits per heavy atom. The van der Waals surface area contributed by atoms with Crippen molar-refractivity contribution < 1.29 is 9.47 Å². The number of methoxy groups -OCH3 is 1. The Morgan fingerprint density at radius 1 is 0.964 bits per heavy atom. The van der Waals surface area contributed by atoms with Crippen LogP contribution in [0, 0.1) is 3.57 Å². The Hall–Kier alpha value is -1.34. The van der Waals surface area contributed by atoms with E-state index in [0.717, 1.165) is 20.4 Å². The number of hydrogen-bond donors (Lipinski definition) is 1. The van der Waals surface area contributed by atoms with Crippen molar-refractivity contribution in [2.24, 2.45) is 0 Å². The van der Waals surface area contributed by atoms with E-state index >= 15 is 0 Å². The Morgan fingerprint density at radius 2 is 1.75 bits per heavy atom. The van der Waals surface area contributed by atoms with Gasteiger partial charge in [-0.05, 0) is 70.6 Å². The summed E-state index contributed by atoms with van der Waals surface area (Å²) in [6.45, 7) is 0.957. The second-order valence-electron chi connectivity index (χ2n) is 6.00. The highest BCUT2D eigenvalue weighted by molar-refractivity contribution is 14.1. The Bertz CT molecular complexity index is 982. The molecule has 3 aromatic carbocycles. The molecule has 0 heterocycles. The van der Waals surface area contributed by atoms with Gasteiger partial charge in [-0.25, -0.2) is 0 Å². The summed E-state index contributed by atoms with van der Waals surface area (Å²) in [6.07, 6.45) is 0. The van der Waals surface area contributed by atoms with Crippen LogP contribution in [0.3, 0.4) is 0 Å². The fourth-order valence-electron chi connectivity index (χ4n) is 2.61. The molecular weight excluding hydrogens is 531 g/mol. The van der Waals surface area contributed by atoms with Gasteiger partial charge in [0.15, 0.2) is 11.5 Å². The van der Waals surface area contributed by atoms with Crippen LogP contribution >= 0.6 is 57.4 Å². The zero-order chi connectivity index (χ0) is 20.1. The van der Waals surface area contributed by atoms with E-state index in [1.807, 2.05) is 36.4 Å². The second kappa shape index (κ2) is 9.92. The fourth-order valence-corrected chi connectivity index (χ4v) is 4.08. The molecule has 3 aromatic rings. The van der Waals surface area contributed by atoms with Crippen molar-refractivity contribution >= 4 is 63.1 Å². The zero-order valence-corrected chi connectivity index (χ0v) is 19.4. The Labute approximate surface area is 193 Å². The van der Waals surface area contributed by atoms with Crippen LogP contribution < -0.4 is 14.8 Å². The van der Waals surface area contributed by atoms with Crippen molar-refractivity contribution in [2.45, 2.75) is 13.2 Å². The molecule has 7 heteroatoms. The first kappa shape index (κ1) is 21.4. The Kier molecular flexibility index (Phi) is 7.57. The summed E-state index contributed by atoms with van der Waals surface area (Å²) < 4.78 is 12.5. The van der Waals surface area contributed by atoms with Crippen LogP contribution in [-0.4, -0.2) is 7.11 Å². The van der Waals surface area contributed by atoms with Gasteiger partial charge in [-0.2, -0.15) is 0 Å². The highest BCUT2D eigenvalue weighted by atomic mass is 127. The molecule has 3 rings (SSSR count). The number of halogens is 4. The molecule has 0 aliphatic carbocycles. The third-order valence-electron chi connectivity index (χ3n) is 4.00. The van der Waals surface area contributed by atoms with Gasteiger partial charge in [0, 0.05) is 32.9 Å². The lowest BCUT2D eigenvalue weighted by molar-refractivity contribution is 0.282. The van der Waals surface area contributed by atoms with E-state index < -0.39 is 0 Å². The molecule has 0 aliphatic rings. The lowest BCUT2D eigenvalue weighted by Gasteiger charge is -2.16. The number of nitrogens with one attached hydrogen (secondary N) is 1. The van der Waals surface area contributed by atoms with Gasteiger partial charge in [0.05, 0.1) is 10.7 Å². The van der Waals surface area contributed by atoms with Crippen LogP contribution in [0.15, 0.2) is 54.6 Å². The van der Waals surface area contributed by atoms with Gasteiger partial charge >= 0.3 is 0 Å². The van der Waals surface area contributed by atoms with Gasteiger partial charge < -0.3 is 14.8 Å². The van der Waals surface area contributed by atoms with Gasteiger partial charge in [0.1, 0.15) is 6.61 Å². The summed E-state index contributed by atoms with van der Waals surface area (Å²) in [7, 11) is 1.63. The summed E-state index contributed by atoms with van der Waals surface area (Å²) in [6, 6.07) is 17.0. The van der Waals surface area contributed by atoms with Crippen LogP contribution in [0.25, 0.3) is 0 Å². The van der Waals surface area contributed by atoms with Crippen LogP contribution in [0.2, 0.25) is 15.1 Å². The van der Waals surface area contributed by atoms with Crippen LogP contribution in [-0.2, 0) is 13.2 Å². The minimum atomic E-state index is 0.322. The molecule has 0 bridgehead atoms. The minimum absolute atomic E-state index is 0.322. The van der Waals surface area contributed by atoms with E-state index in [2.05, 4.69) is 34.0 Å². The van der Waals surface area contributed by atoms with Crippen molar-refractivity contribution in [3.05, 3.63) is 84.4 Å². The second-order valence-corrected chi connectivity index (χ2v) is 8.44. The molecule has 0 radical (unpaired) electrons. The molecule has 0 aromatic heterocycles. The SMILES string of the molecule is COc1cc(CNc2cccc(Cl)c2)cc(I)c1OCc1ccc(Cl)cc1Cl. The Balaban J connectivity index is 1.73. The maximum absolute atomic E-state index is 6.23. The molecule has 0 saturated heterocycles. The van der Waals surface area contributed by atoms with E-state index in [9.17, 15) is 0 Å². The largest absolute Gasteiger partial charge is 0.493 e. The maximum atomic E-state index is 6.23. The van der Waals surface area contributed by atoms with E-state index in [4.69, 9.17) is 44.3 Å². The average Bonchev–Trinajstić information content (AvgIpc) is 2.66. The first-order valence-electron chi connectivity index (χ1n) is 8.39. The number of rotatable bonds is 7. The van der Waals surface area contributed by atoms with Crippen LogP contribution in [0.1, 0.15) is 11.1 Å². The third-order valence-corrected chi connectivity index (χ3v) is 5.62. The van der Waals surface area contributed by atoms with Gasteiger partial charge in [0.25, 0.3) is 0 Å². The average molecular weight is 549 g/mol. The fraction of sp³-hybridized carbons (Fsp3) is 0.143. The summed E-state index contributed by atoms with van der Waals surface area (Å²) in [4.78, 5) is 0. The summed E-state index contributed by atoms with van der Waals surface area (Å²) in [5.41, 5.74) is 2.88. The molecule has 0 atom stereocenters. The number of ether oxygens (including phenoxy) is 2. The first-order valence-corrected chi connectivity index (χ1v) is 10.6. The number of benzene rings is 3. The van der Waals surface area contributed by atoms with E-state index in [0.29, 0.717) is 39.7 Å². The maximum Gasteiger partial charge on any atom is 0.174 e. The summed E-state index contributed by atoms with van der Waals surface area (Å²) in [5, 5.41) is 5.22. The molecule has 28 heavy (non-hydrogen) atoms. The lowest BCUT2D eigenvalue weighted by atomic mass is 10.2. The number of hydrogen-bond acceptors (Lipinski definition) is 3. The normalized spacial score (nSPS) is 10.6. The van der Waals surface area contributed by atoms with Crippen molar-refractivity contribution in [1.29, 1.82) is 0 Å². The monoisotopic (exact) mass is 547 g/mol. The first-order chi connectivity index (χ1) is 13.5. The van der Waals surface area contributed by atoms with Gasteiger partial charge in [0.2, 0.25) is 0 Å². The number of anilines is 1. The van der Waals surface area contributed by atoms with E-state index in [1.54, 1.807) is 19.2 Å². The zero-order valence-electron chi connectivity index (χ0n) is 14.9. The molecule has 146 valence electrons. The van der Waals surface area contributed by atoms with E-state index in [-0.39, 0.29) is 0 Å². The third kappa shape index (κ3) is 5.60. The molecule has 0 amide bonds. The minimum Gasteiger partial charge on any atom is -0.493 e. The topological polar surface area (TPSA) is 30.5 Å². The molecule has 0 unspecified atom stereocenters. The van der Waals surface area contributed by atoms with Crippen molar-refractivity contribution in [3.63, 3.8) is 0 Å². The predicted octanol–water partition coefficient (Wildman–Crippen LogP) is 7.45. The molecule has 1 N–H and O–H groups in total. The van der Waals surface area contributed by atoms with Crippen molar-refractivity contribution in [2.75, 3.05) is 12.4 Å². The smallest absolute Gasteiger partial charge is 0.174 e. The van der Waals surface area contributed by atoms with Crippen LogP contribution in [0.4, 0.5) is 5.69 Å². The highest BCUT2D eigenvalue weighted by Crippen LogP contribution is 2.35. The van der Waals surface area contributed by atoms with Gasteiger partial charge in [-0.3, -0.25) is 0 Å². The standard InChI is InChI=1S/C21H17Cl3INO2/c1-27-20-8-13(11-26-17-4-2-3-15(22)9-17)7-19(25)21(20)28-12-14-5-6-16(23)10-18(14)24/h2-10,26H,11-12H2,1H3. The molecule has 0 fully saturated rings. The molecular formula is C21H17Cl3INO2. The van der Waals surface area contributed by atoms with Crippen molar-refractivity contribution in [1.82, 2.24) is 0 Å². The van der Waals surface area contributed by atoms with E-state index in [1.165, 1.54) is 0 Å². The van der Waals surface area contributed by atoms with Gasteiger partial charge in [-0.1, -0.05) is 46.9 Å². The van der Waals surface area contributed by atoms with Gasteiger partial charge in [-0.15, -0.1) is 0 Å². The summed E-state index contributed by atoms with van der Waals surface area (Å²) >= 11 is 20.5. The summed E-state index contributed by atoms with van der Waals surface area (Å²) in [5.74, 6) is 1.35.